The standard InChI is InChI=1S/C11H9F2N3O2S/c12-6-1-5(4-17)2-7(13)10(6)19-11-15-8(14)3-9(18)16-11/h1-3,17H,4H2,(H3,14,15,16,18). The van der Waals surface area contributed by atoms with Crippen molar-refractivity contribution >= 4 is 17.6 Å². The van der Waals surface area contributed by atoms with Crippen molar-refractivity contribution in [3.8, 4) is 0 Å². The highest BCUT2D eigenvalue weighted by molar-refractivity contribution is 7.99. The second kappa shape index (κ2) is 5.37. The molecule has 2 rings (SSSR count). The summed E-state index contributed by atoms with van der Waals surface area (Å²) in [7, 11) is 0. The van der Waals surface area contributed by atoms with Gasteiger partial charge in [0.15, 0.2) is 5.16 Å². The Labute approximate surface area is 110 Å². The fraction of sp³-hybridized carbons (Fsp3) is 0.0909. The number of aromatic nitrogens is 2. The molecule has 0 aliphatic rings. The molecule has 0 atom stereocenters. The maximum absolute atomic E-state index is 13.7. The first-order chi connectivity index (χ1) is 8.99. The van der Waals surface area contributed by atoms with E-state index in [1.54, 1.807) is 0 Å². The summed E-state index contributed by atoms with van der Waals surface area (Å²) in [5.74, 6) is -1.74. The zero-order chi connectivity index (χ0) is 14.0. The van der Waals surface area contributed by atoms with E-state index in [0.717, 1.165) is 18.2 Å². The molecule has 4 N–H and O–H groups in total. The van der Waals surface area contributed by atoms with Gasteiger partial charge >= 0.3 is 0 Å². The van der Waals surface area contributed by atoms with E-state index in [1.165, 1.54) is 0 Å². The van der Waals surface area contributed by atoms with Crippen LogP contribution >= 0.6 is 11.8 Å². The zero-order valence-corrected chi connectivity index (χ0v) is 10.3. The summed E-state index contributed by atoms with van der Waals surface area (Å²) < 4.78 is 27.3. The summed E-state index contributed by atoms with van der Waals surface area (Å²) in [5, 5.41) is 8.81. The van der Waals surface area contributed by atoms with Crippen molar-refractivity contribution in [1.82, 2.24) is 9.97 Å². The molecule has 0 fully saturated rings. The van der Waals surface area contributed by atoms with Crippen molar-refractivity contribution in [3.63, 3.8) is 0 Å². The number of nitrogens with zero attached hydrogens (tertiary/aromatic N) is 1. The molecular weight excluding hydrogens is 276 g/mol. The maximum atomic E-state index is 13.7. The Morgan fingerprint density at radius 2 is 1.95 bits per heavy atom. The number of halogens is 2. The minimum Gasteiger partial charge on any atom is -0.392 e. The highest BCUT2D eigenvalue weighted by Crippen LogP contribution is 2.30. The molecule has 0 aliphatic heterocycles. The minimum absolute atomic E-state index is 0.0143. The van der Waals surface area contributed by atoms with Gasteiger partial charge in [0.05, 0.1) is 11.5 Å². The molecule has 0 amide bonds. The van der Waals surface area contributed by atoms with Crippen molar-refractivity contribution in [1.29, 1.82) is 0 Å². The molecular formula is C11H9F2N3O2S. The predicted molar refractivity (Wildman–Crippen MR) is 65.7 cm³/mol. The second-order valence-electron chi connectivity index (χ2n) is 3.62. The summed E-state index contributed by atoms with van der Waals surface area (Å²) in [6.07, 6.45) is 0. The molecule has 8 heteroatoms. The van der Waals surface area contributed by atoms with Crippen LogP contribution in [0.4, 0.5) is 14.6 Å². The van der Waals surface area contributed by atoms with Crippen molar-refractivity contribution in [3.05, 3.63) is 45.8 Å². The first kappa shape index (κ1) is 13.5. The molecule has 100 valence electrons. The number of aliphatic hydroxyl groups excluding tert-OH is 1. The molecule has 0 saturated carbocycles. The molecule has 0 radical (unpaired) electrons. The Morgan fingerprint density at radius 3 is 2.47 bits per heavy atom. The van der Waals surface area contributed by atoms with E-state index in [4.69, 9.17) is 10.8 Å². The molecule has 2 aromatic rings. The molecule has 0 saturated heterocycles. The molecule has 0 bridgehead atoms. The van der Waals surface area contributed by atoms with Crippen molar-refractivity contribution < 1.29 is 13.9 Å². The molecule has 19 heavy (non-hydrogen) atoms. The van der Waals surface area contributed by atoms with Crippen LogP contribution in [-0.4, -0.2) is 15.1 Å². The maximum Gasteiger partial charge on any atom is 0.253 e. The lowest BCUT2D eigenvalue weighted by atomic mass is 10.2. The van der Waals surface area contributed by atoms with Gasteiger partial charge in [-0.1, -0.05) is 0 Å². The van der Waals surface area contributed by atoms with Crippen molar-refractivity contribution in [2.24, 2.45) is 0 Å². The molecule has 1 heterocycles. The van der Waals surface area contributed by atoms with Crippen LogP contribution in [0.2, 0.25) is 0 Å². The summed E-state index contributed by atoms with van der Waals surface area (Å²) in [5.41, 5.74) is 4.98. The van der Waals surface area contributed by atoms with Crippen molar-refractivity contribution in [2.75, 3.05) is 5.73 Å². The number of rotatable bonds is 3. The van der Waals surface area contributed by atoms with Gasteiger partial charge in [0.1, 0.15) is 17.5 Å². The van der Waals surface area contributed by atoms with Crippen LogP contribution in [0.25, 0.3) is 0 Å². The molecule has 0 aliphatic carbocycles. The summed E-state index contributed by atoms with van der Waals surface area (Å²) in [6.45, 7) is -0.466. The third-order valence-corrected chi connectivity index (χ3v) is 3.16. The smallest absolute Gasteiger partial charge is 0.253 e. The van der Waals surface area contributed by atoms with E-state index in [-0.39, 0.29) is 21.4 Å². The van der Waals surface area contributed by atoms with E-state index >= 15 is 0 Å². The van der Waals surface area contributed by atoms with Gasteiger partial charge in [0.25, 0.3) is 5.56 Å². The normalized spacial score (nSPS) is 10.7. The Kier molecular flexibility index (Phi) is 3.82. The van der Waals surface area contributed by atoms with Crippen LogP contribution in [0.5, 0.6) is 0 Å². The van der Waals surface area contributed by atoms with Gasteiger partial charge in [0, 0.05) is 6.07 Å². The molecule has 1 aromatic heterocycles. The first-order valence-electron chi connectivity index (χ1n) is 5.13. The van der Waals surface area contributed by atoms with Crippen LogP contribution in [-0.2, 0) is 6.61 Å². The van der Waals surface area contributed by atoms with Gasteiger partial charge in [-0.2, -0.15) is 0 Å². The molecule has 0 spiro atoms. The highest BCUT2D eigenvalue weighted by Gasteiger charge is 2.14. The van der Waals surface area contributed by atoms with Gasteiger partial charge < -0.3 is 15.8 Å². The lowest BCUT2D eigenvalue weighted by molar-refractivity contribution is 0.280. The van der Waals surface area contributed by atoms with Gasteiger partial charge in [-0.05, 0) is 29.5 Å². The van der Waals surface area contributed by atoms with Crippen LogP contribution in [0.15, 0.2) is 33.0 Å². The second-order valence-corrected chi connectivity index (χ2v) is 4.62. The SMILES string of the molecule is Nc1cc(=O)[nH]c(Sc2c(F)cc(CO)cc2F)n1. The number of aromatic amines is 1. The van der Waals surface area contributed by atoms with Crippen LogP contribution in [0.1, 0.15) is 5.56 Å². The molecule has 0 unspecified atom stereocenters. The van der Waals surface area contributed by atoms with E-state index < -0.39 is 23.8 Å². The third kappa shape index (κ3) is 3.09. The van der Waals surface area contributed by atoms with Crippen LogP contribution in [0.3, 0.4) is 0 Å². The number of hydrogen-bond acceptors (Lipinski definition) is 5. The van der Waals surface area contributed by atoms with Crippen LogP contribution < -0.4 is 11.3 Å². The number of nitrogen functional groups attached to an aromatic ring is 1. The summed E-state index contributed by atoms with van der Waals surface area (Å²) in [4.78, 5) is 16.9. The average Bonchev–Trinajstić information content (AvgIpc) is 2.32. The monoisotopic (exact) mass is 285 g/mol. The van der Waals surface area contributed by atoms with Gasteiger partial charge in [-0.15, -0.1) is 0 Å². The van der Waals surface area contributed by atoms with Gasteiger partial charge in [-0.3, -0.25) is 4.79 Å². The Morgan fingerprint density at radius 1 is 1.32 bits per heavy atom. The number of hydrogen-bond donors (Lipinski definition) is 3. The fourth-order valence-electron chi connectivity index (χ4n) is 1.40. The van der Waals surface area contributed by atoms with E-state index in [0.29, 0.717) is 11.8 Å². The fourth-order valence-corrected chi connectivity index (χ4v) is 2.21. The Balaban J connectivity index is 2.40. The van der Waals surface area contributed by atoms with Gasteiger partial charge in [-0.25, -0.2) is 13.8 Å². The largest absolute Gasteiger partial charge is 0.392 e. The summed E-state index contributed by atoms with van der Waals surface area (Å²) in [6, 6.07) is 3.08. The lowest BCUT2D eigenvalue weighted by Gasteiger charge is -2.06. The number of H-pyrrole nitrogens is 1. The lowest BCUT2D eigenvalue weighted by Crippen LogP contribution is -2.09. The average molecular weight is 285 g/mol. The first-order valence-corrected chi connectivity index (χ1v) is 5.94. The summed E-state index contributed by atoms with van der Waals surface area (Å²) >= 11 is 0.610. The minimum atomic E-state index is -0.848. The van der Waals surface area contributed by atoms with Crippen LogP contribution in [0, 0.1) is 11.6 Å². The topological polar surface area (TPSA) is 92.0 Å². The van der Waals surface area contributed by atoms with Crippen molar-refractivity contribution in [2.45, 2.75) is 16.7 Å². The third-order valence-electron chi connectivity index (χ3n) is 2.18. The van der Waals surface area contributed by atoms with E-state index in [1.807, 2.05) is 0 Å². The Bertz CT molecular complexity index is 652. The number of anilines is 1. The molecule has 5 nitrogen and oxygen atoms in total. The van der Waals surface area contributed by atoms with Gasteiger partial charge in [0.2, 0.25) is 0 Å². The number of benzene rings is 1. The predicted octanol–water partition coefficient (Wildman–Crippen LogP) is 1.27. The molecule has 1 aromatic carbocycles. The van der Waals surface area contributed by atoms with E-state index in [2.05, 4.69) is 9.97 Å². The number of aliphatic hydroxyl groups is 1. The number of nitrogens with two attached hydrogens (primary N) is 1. The zero-order valence-electron chi connectivity index (χ0n) is 9.48. The Hall–Kier alpha value is -1.93. The number of nitrogens with one attached hydrogen (secondary N) is 1. The highest BCUT2D eigenvalue weighted by atomic mass is 32.2. The van der Waals surface area contributed by atoms with E-state index in [9.17, 15) is 13.6 Å². The quantitative estimate of drug-likeness (QED) is 0.739.